The van der Waals surface area contributed by atoms with Gasteiger partial charge < -0.3 is 8.98 Å². The lowest BCUT2D eigenvalue weighted by Crippen LogP contribution is -2.00. The van der Waals surface area contributed by atoms with Crippen LogP contribution in [-0.2, 0) is 0 Å². The summed E-state index contributed by atoms with van der Waals surface area (Å²) in [6.07, 6.45) is 0. The van der Waals surface area contributed by atoms with Crippen molar-refractivity contribution < 1.29 is 4.42 Å². The van der Waals surface area contributed by atoms with Crippen LogP contribution in [0.1, 0.15) is 0 Å². The third kappa shape index (κ3) is 4.60. The SMILES string of the molecule is c1ccc(-c2ccc3c4ccccc4n(-c4ccc5c(c4)oc4cccc(-c6nc(-c7ccccc7)nc(-c7ccccc7)n6)c45)c3c2)cc1. The number of para-hydroxylation sites is 1. The summed E-state index contributed by atoms with van der Waals surface area (Å²) in [5, 5.41) is 4.41. The number of furan rings is 1. The van der Waals surface area contributed by atoms with E-state index in [2.05, 4.69) is 102 Å². The molecule has 234 valence electrons. The zero-order valence-electron chi connectivity index (χ0n) is 26.9. The molecule has 0 amide bonds. The molecule has 5 heteroatoms. The molecule has 3 aromatic heterocycles. The predicted octanol–water partition coefficient (Wildman–Crippen LogP) is 11.5. The minimum Gasteiger partial charge on any atom is -0.456 e. The summed E-state index contributed by atoms with van der Waals surface area (Å²) in [6, 6.07) is 58.6. The maximum absolute atomic E-state index is 6.62. The fourth-order valence-corrected chi connectivity index (χ4v) is 7.13. The van der Waals surface area contributed by atoms with Crippen molar-refractivity contribution in [2.24, 2.45) is 0 Å². The van der Waals surface area contributed by atoms with E-state index in [1.165, 1.54) is 21.9 Å². The van der Waals surface area contributed by atoms with Crippen LogP contribution in [-0.4, -0.2) is 19.5 Å². The predicted molar refractivity (Wildman–Crippen MR) is 203 cm³/mol. The van der Waals surface area contributed by atoms with E-state index in [4.69, 9.17) is 19.4 Å². The summed E-state index contributed by atoms with van der Waals surface area (Å²) in [5.41, 5.74) is 10.1. The van der Waals surface area contributed by atoms with Crippen LogP contribution in [0.2, 0.25) is 0 Å². The highest BCUT2D eigenvalue weighted by Crippen LogP contribution is 2.39. The van der Waals surface area contributed by atoms with Crippen LogP contribution < -0.4 is 0 Å². The number of fused-ring (bicyclic) bond motifs is 6. The Labute approximate surface area is 287 Å². The Morgan fingerprint density at radius 1 is 0.380 bits per heavy atom. The Bertz CT molecular complexity index is 2800. The Morgan fingerprint density at radius 2 is 0.980 bits per heavy atom. The van der Waals surface area contributed by atoms with Gasteiger partial charge in [0.05, 0.1) is 11.0 Å². The van der Waals surface area contributed by atoms with E-state index in [9.17, 15) is 0 Å². The Balaban J connectivity index is 1.17. The Hall–Kier alpha value is -6.85. The van der Waals surface area contributed by atoms with Gasteiger partial charge >= 0.3 is 0 Å². The molecular formula is C45H28N4O. The largest absolute Gasteiger partial charge is 0.456 e. The van der Waals surface area contributed by atoms with Gasteiger partial charge in [-0.1, -0.05) is 133 Å². The number of benzene rings is 7. The third-order valence-corrected chi connectivity index (χ3v) is 9.46. The van der Waals surface area contributed by atoms with Crippen molar-refractivity contribution in [1.29, 1.82) is 0 Å². The van der Waals surface area contributed by atoms with Gasteiger partial charge in [-0.25, -0.2) is 15.0 Å². The van der Waals surface area contributed by atoms with E-state index in [1.807, 2.05) is 72.8 Å². The van der Waals surface area contributed by atoms with Crippen LogP contribution in [0, 0.1) is 0 Å². The first-order valence-corrected chi connectivity index (χ1v) is 16.7. The average molecular weight is 641 g/mol. The van der Waals surface area contributed by atoms with Gasteiger partial charge in [-0.05, 0) is 41.5 Å². The average Bonchev–Trinajstić information content (AvgIpc) is 3.73. The van der Waals surface area contributed by atoms with Gasteiger partial charge in [-0.3, -0.25) is 0 Å². The molecule has 10 rings (SSSR count). The minimum atomic E-state index is 0.603. The molecule has 0 radical (unpaired) electrons. The highest BCUT2D eigenvalue weighted by Gasteiger charge is 2.19. The second kappa shape index (κ2) is 11.4. The molecule has 0 unspecified atom stereocenters. The van der Waals surface area contributed by atoms with Crippen molar-refractivity contribution in [2.75, 3.05) is 0 Å². The molecule has 0 aliphatic rings. The van der Waals surface area contributed by atoms with Crippen molar-refractivity contribution in [2.45, 2.75) is 0 Å². The highest BCUT2D eigenvalue weighted by molar-refractivity contribution is 6.13. The Kier molecular flexibility index (Phi) is 6.42. The van der Waals surface area contributed by atoms with E-state index >= 15 is 0 Å². The molecule has 0 aliphatic carbocycles. The molecule has 7 aromatic carbocycles. The van der Waals surface area contributed by atoms with Gasteiger partial charge in [0.15, 0.2) is 17.5 Å². The molecule has 0 aliphatic heterocycles. The van der Waals surface area contributed by atoms with Crippen LogP contribution in [0.5, 0.6) is 0 Å². The normalized spacial score (nSPS) is 11.6. The summed E-state index contributed by atoms with van der Waals surface area (Å²) in [7, 11) is 0. The molecule has 0 spiro atoms. The maximum Gasteiger partial charge on any atom is 0.164 e. The molecule has 10 aromatic rings. The van der Waals surface area contributed by atoms with E-state index in [-0.39, 0.29) is 0 Å². The molecule has 0 bridgehead atoms. The molecule has 0 fully saturated rings. The number of nitrogens with zero attached hydrogens (tertiary/aromatic N) is 4. The maximum atomic E-state index is 6.62. The first kappa shape index (κ1) is 28.2. The van der Waals surface area contributed by atoms with Crippen LogP contribution in [0.15, 0.2) is 174 Å². The van der Waals surface area contributed by atoms with Crippen molar-refractivity contribution in [3.63, 3.8) is 0 Å². The van der Waals surface area contributed by atoms with Crippen LogP contribution >= 0.6 is 0 Å². The molecule has 50 heavy (non-hydrogen) atoms. The standard InChI is InChI=1S/C45H28N4O/c1-4-13-29(14-5-1)32-23-25-35-34-19-10-11-21-38(34)49(39(35)27-32)33-24-26-36-41(28-33)50-40-22-12-20-37(42(36)40)45-47-43(30-15-6-2-7-16-30)46-44(48-45)31-17-8-3-9-18-31/h1-28H. The molecule has 0 atom stereocenters. The summed E-state index contributed by atoms with van der Waals surface area (Å²) in [5.74, 6) is 1.86. The molecular weight excluding hydrogens is 613 g/mol. The zero-order valence-corrected chi connectivity index (χ0v) is 26.9. The van der Waals surface area contributed by atoms with Gasteiger partial charge in [0, 0.05) is 50.0 Å². The fraction of sp³-hybridized carbons (Fsp3) is 0. The second-order valence-electron chi connectivity index (χ2n) is 12.5. The van der Waals surface area contributed by atoms with Crippen LogP contribution in [0.3, 0.4) is 0 Å². The van der Waals surface area contributed by atoms with Gasteiger partial charge in [0.1, 0.15) is 11.2 Å². The summed E-state index contributed by atoms with van der Waals surface area (Å²) in [6.45, 7) is 0. The molecule has 0 N–H and O–H groups in total. The lowest BCUT2D eigenvalue weighted by atomic mass is 10.0. The van der Waals surface area contributed by atoms with Gasteiger partial charge in [0.2, 0.25) is 0 Å². The Morgan fingerprint density at radius 3 is 1.70 bits per heavy atom. The minimum absolute atomic E-state index is 0.603. The van der Waals surface area contributed by atoms with Crippen LogP contribution in [0.4, 0.5) is 0 Å². The summed E-state index contributed by atoms with van der Waals surface area (Å²) in [4.78, 5) is 15.0. The molecule has 0 saturated carbocycles. The fourth-order valence-electron chi connectivity index (χ4n) is 7.13. The first-order valence-electron chi connectivity index (χ1n) is 16.7. The number of aromatic nitrogens is 4. The quantitative estimate of drug-likeness (QED) is 0.188. The lowest BCUT2D eigenvalue weighted by molar-refractivity contribution is 0.668. The van der Waals surface area contributed by atoms with Crippen molar-refractivity contribution in [1.82, 2.24) is 19.5 Å². The number of hydrogen-bond donors (Lipinski definition) is 0. The zero-order chi connectivity index (χ0) is 33.0. The lowest BCUT2D eigenvalue weighted by Gasteiger charge is -2.10. The molecule has 0 saturated heterocycles. The highest BCUT2D eigenvalue weighted by atomic mass is 16.3. The van der Waals surface area contributed by atoms with E-state index in [1.54, 1.807) is 0 Å². The second-order valence-corrected chi connectivity index (χ2v) is 12.5. The topological polar surface area (TPSA) is 56.7 Å². The van der Waals surface area contributed by atoms with Crippen LogP contribution in [0.25, 0.3) is 94.7 Å². The smallest absolute Gasteiger partial charge is 0.164 e. The van der Waals surface area contributed by atoms with E-state index < -0.39 is 0 Å². The van der Waals surface area contributed by atoms with Gasteiger partial charge in [-0.15, -0.1) is 0 Å². The monoisotopic (exact) mass is 640 g/mol. The van der Waals surface area contributed by atoms with Crippen molar-refractivity contribution in [3.05, 3.63) is 170 Å². The number of rotatable bonds is 5. The van der Waals surface area contributed by atoms with Crippen molar-refractivity contribution in [3.8, 4) is 51.0 Å². The van der Waals surface area contributed by atoms with Crippen molar-refractivity contribution >= 4 is 43.7 Å². The van der Waals surface area contributed by atoms with Gasteiger partial charge in [-0.2, -0.15) is 0 Å². The third-order valence-electron chi connectivity index (χ3n) is 9.46. The van der Waals surface area contributed by atoms with E-state index in [0.717, 1.165) is 55.3 Å². The molecule has 5 nitrogen and oxygen atoms in total. The van der Waals surface area contributed by atoms with E-state index in [0.29, 0.717) is 17.5 Å². The van der Waals surface area contributed by atoms with Gasteiger partial charge in [0.25, 0.3) is 0 Å². The summed E-state index contributed by atoms with van der Waals surface area (Å²) < 4.78 is 8.96. The summed E-state index contributed by atoms with van der Waals surface area (Å²) >= 11 is 0. The molecule has 3 heterocycles. The first-order chi connectivity index (χ1) is 24.8. The number of hydrogen-bond acceptors (Lipinski definition) is 4.